The SMILES string of the molecule is CCC(C)(N)c1cnc(OC2(C)CC2)c2cnc(Nc3ccc4c(n3)[C@@H](C)C(C)(C)OC4=O)cc12. The molecule has 0 amide bonds. The van der Waals surface area contributed by atoms with E-state index in [1.807, 2.05) is 40.0 Å². The van der Waals surface area contributed by atoms with E-state index in [9.17, 15) is 4.79 Å². The number of esters is 1. The van der Waals surface area contributed by atoms with Crippen molar-refractivity contribution in [2.75, 3.05) is 5.32 Å². The van der Waals surface area contributed by atoms with Crippen LogP contribution in [-0.4, -0.2) is 32.1 Å². The van der Waals surface area contributed by atoms with Crippen molar-refractivity contribution in [3.63, 3.8) is 0 Å². The van der Waals surface area contributed by atoms with Crippen LogP contribution in [0.4, 0.5) is 11.6 Å². The lowest BCUT2D eigenvalue weighted by molar-refractivity contribution is -0.0189. The van der Waals surface area contributed by atoms with Crippen LogP contribution in [0.25, 0.3) is 10.8 Å². The molecule has 0 bridgehead atoms. The molecule has 8 nitrogen and oxygen atoms in total. The molecule has 3 N–H and O–H groups in total. The number of nitrogens with one attached hydrogen (secondary N) is 1. The van der Waals surface area contributed by atoms with E-state index in [4.69, 9.17) is 20.2 Å². The van der Waals surface area contributed by atoms with Crippen LogP contribution in [0.5, 0.6) is 5.88 Å². The molecule has 1 aliphatic heterocycles. The molecular formula is C27H33N5O3. The molecule has 5 rings (SSSR count). The first-order valence-corrected chi connectivity index (χ1v) is 12.2. The van der Waals surface area contributed by atoms with Gasteiger partial charge in [0.15, 0.2) is 0 Å². The number of carbonyl (C=O) groups is 1. The van der Waals surface area contributed by atoms with E-state index in [0.717, 1.165) is 41.3 Å². The average Bonchev–Trinajstić information content (AvgIpc) is 3.53. The number of rotatable bonds is 6. The molecule has 184 valence electrons. The topological polar surface area (TPSA) is 112 Å². The Morgan fingerprint density at radius 3 is 2.60 bits per heavy atom. The molecule has 1 unspecified atom stereocenters. The molecule has 3 aromatic heterocycles. The number of ether oxygens (including phenoxy) is 2. The predicted molar refractivity (Wildman–Crippen MR) is 135 cm³/mol. The van der Waals surface area contributed by atoms with Crippen molar-refractivity contribution < 1.29 is 14.3 Å². The normalized spacial score (nSPS) is 21.6. The van der Waals surface area contributed by atoms with Gasteiger partial charge in [-0.1, -0.05) is 13.8 Å². The molecule has 2 atom stereocenters. The zero-order valence-corrected chi connectivity index (χ0v) is 21.2. The van der Waals surface area contributed by atoms with Crippen LogP contribution >= 0.6 is 0 Å². The molecule has 1 fully saturated rings. The number of nitrogens with zero attached hydrogens (tertiary/aromatic N) is 3. The third-order valence-electron chi connectivity index (χ3n) is 7.59. The molecule has 0 spiro atoms. The fourth-order valence-electron chi connectivity index (χ4n) is 4.31. The summed E-state index contributed by atoms with van der Waals surface area (Å²) in [4.78, 5) is 26.4. The number of carbonyl (C=O) groups excluding carboxylic acids is 1. The lowest BCUT2D eigenvalue weighted by atomic mass is 9.84. The number of hydrogen-bond donors (Lipinski definition) is 2. The van der Waals surface area contributed by atoms with Crippen LogP contribution in [0.3, 0.4) is 0 Å². The molecule has 3 aromatic rings. The standard InChI is InChI=1S/C27H33N5O3/c1-7-27(6,28)19-14-30-23(34-26(5)10-11-26)18-13-29-21(12-17(18)19)31-20-9-8-16-22(32-20)15(2)25(3,4)35-24(16)33/h8-9,12-15H,7,10-11,28H2,1-6H3,(H,29,31,32)/t15-,27?/m1/s1. The number of aromatic nitrogens is 3. The van der Waals surface area contributed by atoms with E-state index in [1.54, 1.807) is 18.3 Å². The zero-order chi connectivity index (χ0) is 25.2. The van der Waals surface area contributed by atoms with E-state index in [2.05, 4.69) is 29.1 Å². The van der Waals surface area contributed by atoms with Crippen molar-refractivity contribution in [1.82, 2.24) is 15.0 Å². The highest BCUT2D eigenvalue weighted by Crippen LogP contribution is 2.42. The highest BCUT2D eigenvalue weighted by Gasteiger charge is 2.41. The summed E-state index contributed by atoms with van der Waals surface area (Å²) in [5.74, 6) is 1.41. The summed E-state index contributed by atoms with van der Waals surface area (Å²) in [7, 11) is 0. The smallest absolute Gasteiger partial charge is 0.340 e. The maximum Gasteiger partial charge on any atom is 0.340 e. The van der Waals surface area contributed by atoms with Crippen molar-refractivity contribution in [2.45, 2.75) is 83.5 Å². The minimum Gasteiger partial charge on any atom is -0.471 e. The van der Waals surface area contributed by atoms with Gasteiger partial charge in [-0.2, -0.15) is 0 Å². The first-order valence-electron chi connectivity index (χ1n) is 12.2. The Morgan fingerprint density at radius 2 is 1.91 bits per heavy atom. The number of cyclic esters (lactones) is 1. The van der Waals surface area contributed by atoms with Gasteiger partial charge in [-0.25, -0.2) is 19.7 Å². The van der Waals surface area contributed by atoms with Crippen LogP contribution in [0, 0.1) is 0 Å². The van der Waals surface area contributed by atoms with Crippen LogP contribution < -0.4 is 15.8 Å². The molecular weight excluding hydrogens is 442 g/mol. The summed E-state index contributed by atoms with van der Waals surface area (Å²) in [6, 6.07) is 5.50. The zero-order valence-electron chi connectivity index (χ0n) is 21.2. The van der Waals surface area contributed by atoms with Crippen molar-refractivity contribution >= 4 is 28.4 Å². The number of hydrogen-bond acceptors (Lipinski definition) is 8. The second-order valence-corrected chi connectivity index (χ2v) is 10.9. The van der Waals surface area contributed by atoms with Crippen molar-refractivity contribution in [2.24, 2.45) is 5.73 Å². The van der Waals surface area contributed by atoms with E-state index >= 15 is 0 Å². The van der Waals surface area contributed by atoms with Crippen molar-refractivity contribution in [3.05, 3.63) is 47.4 Å². The van der Waals surface area contributed by atoms with Gasteiger partial charge in [0.25, 0.3) is 0 Å². The molecule has 8 heteroatoms. The summed E-state index contributed by atoms with van der Waals surface area (Å²) < 4.78 is 11.8. The van der Waals surface area contributed by atoms with Crippen LogP contribution in [-0.2, 0) is 10.3 Å². The number of fused-ring (bicyclic) bond motifs is 2. The van der Waals surface area contributed by atoms with Crippen molar-refractivity contribution in [3.8, 4) is 5.88 Å². The number of anilines is 2. The van der Waals surface area contributed by atoms with Crippen molar-refractivity contribution in [1.29, 1.82) is 0 Å². The van der Waals surface area contributed by atoms with E-state index < -0.39 is 11.1 Å². The second kappa shape index (κ2) is 7.88. The molecule has 1 aliphatic carbocycles. The highest BCUT2D eigenvalue weighted by atomic mass is 16.6. The van der Waals surface area contributed by atoms with Gasteiger partial charge < -0.3 is 20.5 Å². The summed E-state index contributed by atoms with van der Waals surface area (Å²) >= 11 is 0. The summed E-state index contributed by atoms with van der Waals surface area (Å²) in [5.41, 5.74) is 7.46. The quantitative estimate of drug-likeness (QED) is 0.460. The predicted octanol–water partition coefficient (Wildman–Crippen LogP) is 5.34. The Morgan fingerprint density at radius 1 is 1.17 bits per heavy atom. The Labute approximate surface area is 205 Å². The molecule has 4 heterocycles. The number of nitrogens with two attached hydrogens (primary N) is 1. The summed E-state index contributed by atoms with van der Waals surface area (Å²) in [5, 5.41) is 5.09. The van der Waals surface area contributed by atoms with Gasteiger partial charge >= 0.3 is 5.97 Å². The summed E-state index contributed by atoms with van der Waals surface area (Å²) in [6.45, 7) is 12.0. The lowest BCUT2D eigenvalue weighted by Crippen LogP contribution is -2.39. The van der Waals surface area contributed by atoms with Gasteiger partial charge in [0.1, 0.15) is 22.8 Å². The molecule has 2 aliphatic rings. The van der Waals surface area contributed by atoms with Gasteiger partial charge in [0.2, 0.25) is 5.88 Å². The third-order valence-corrected chi connectivity index (χ3v) is 7.59. The first kappa shape index (κ1) is 23.5. The fourth-order valence-corrected chi connectivity index (χ4v) is 4.31. The van der Waals surface area contributed by atoms with E-state index in [0.29, 0.717) is 23.1 Å². The Bertz CT molecular complexity index is 1330. The maximum atomic E-state index is 12.4. The van der Waals surface area contributed by atoms with Gasteiger partial charge in [-0.05, 0) is 76.1 Å². The Balaban J connectivity index is 1.55. The first-order chi connectivity index (χ1) is 16.4. The van der Waals surface area contributed by atoms with Gasteiger partial charge in [0.05, 0.1) is 16.6 Å². The van der Waals surface area contributed by atoms with Gasteiger partial charge in [-0.15, -0.1) is 0 Å². The second-order valence-electron chi connectivity index (χ2n) is 10.9. The molecule has 1 saturated carbocycles. The lowest BCUT2D eigenvalue weighted by Gasteiger charge is -2.36. The fraction of sp³-hybridized carbons (Fsp3) is 0.481. The molecule has 0 aromatic carbocycles. The molecule has 0 saturated heterocycles. The van der Waals surface area contributed by atoms with Gasteiger partial charge in [0, 0.05) is 23.9 Å². The maximum absolute atomic E-state index is 12.4. The number of pyridine rings is 3. The van der Waals surface area contributed by atoms with E-state index in [1.165, 1.54) is 0 Å². The Kier molecular flexibility index (Phi) is 5.29. The minimum atomic E-state index is -0.626. The largest absolute Gasteiger partial charge is 0.471 e. The minimum absolute atomic E-state index is 0.0508. The van der Waals surface area contributed by atoms with E-state index in [-0.39, 0.29) is 17.5 Å². The van der Waals surface area contributed by atoms with Crippen LogP contribution in [0.1, 0.15) is 88.3 Å². The molecule has 35 heavy (non-hydrogen) atoms. The van der Waals surface area contributed by atoms with Gasteiger partial charge in [-0.3, -0.25) is 0 Å². The third kappa shape index (κ3) is 4.20. The van der Waals surface area contributed by atoms with Crippen LogP contribution in [0.2, 0.25) is 0 Å². The molecule has 0 radical (unpaired) electrons. The van der Waals surface area contributed by atoms with Crippen LogP contribution in [0.15, 0.2) is 30.6 Å². The Hall–Kier alpha value is -3.26. The monoisotopic (exact) mass is 475 g/mol. The summed E-state index contributed by atoms with van der Waals surface area (Å²) in [6.07, 6.45) is 6.39. The highest BCUT2D eigenvalue weighted by molar-refractivity contribution is 5.93. The average molecular weight is 476 g/mol.